The maximum absolute atomic E-state index is 12.2. The Morgan fingerprint density at radius 2 is 1.96 bits per heavy atom. The first-order valence-corrected chi connectivity index (χ1v) is 9.28. The second-order valence-corrected chi connectivity index (χ2v) is 6.92. The van der Waals surface area contributed by atoms with Gasteiger partial charge >= 0.3 is 5.97 Å². The molecule has 0 amide bonds. The SMILES string of the molecule is CCOC(=O)c1sc2nc(C)nc(NCCc3ccc(O)cc3)c2c1C. The number of hydrogen-bond acceptors (Lipinski definition) is 7. The zero-order chi connectivity index (χ0) is 18.7. The van der Waals surface area contributed by atoms with Gasteiger partial charge in [-0.05, 0) is 50.5 Å². The number of esters is 1. The summed E-state index contributed by atoms with van der Waals surface area (Å²) in [5, 5.41) is 13.6. The number of phenolic OH excluding ortho intramolecular Hbond substituents is 1. The van der Waals surface area contributed by atoms with E-state index in [1.165, 1.54) is 11.3 Å². The van der Waals surface area contributed by atoms with Crippen molar-refractivity contribution < 1.29 is 14.6 Å². The van der Waals surface area contributed by atoms with Gasteiger partial charge in [-0.15, -0.1) is 11.3 Å². The maximum atomic E-state index is 12.2. The third-order valence-corrected chi connectivity index (χ3v) is 5.17. The second-order valence-electron chi connectivity index (χ2n) is 5.92. The lowest BCUT2D eigenvalue weighted by atomic mass is 10.1. The summed E-state index contributed by atoms with van der Waals surface area (Å²) in [6, 6.07) is 7.15. The molecule has 3 rings (SSSR count). The first kappa shape index (κ1) is 18.1. The highest BCUT2D eigenvalue weighted by atomic mass is 32.1. The predicted molar refractivity (Wildman–Crippen MR) is 103 cm³/mol. The van der Waals surface area contributed by atoms with Crippen molar-refractivity contribution in [2.75, 3.05) is 18.5 Å². The number of aromatic hydroxyl groups is 1. The lowest BCUT2D eigenvalue weighted by molar-refractivity contribution is 0.0531. The Morgan fingerprint density at radius 3 is 2.65 bits per heavy atom. The molecule has 136 valence electrons. The van der Waals surface area contributed by atoms with Gasteiger partial charge in [0, 0.05) is 6.54 Å². The molecule has 6 nitrogen and oxygen atoms in total. The van der Waals surface area contributed by atoms with Gasteiger partial charge in [-0.2, -0.15) is 0 Å². The van der Waals surface area contributed by atoms with Crippen LogP contribution in [0.25, 0.3) is 10.2 Å². The van der Waals surface area contributed by atoms with E-state index in [-0.39, 0.29) is 11.7 Å². The number of rotatable bonds is 6. The van der Waals surface area contributed by atoms with E-state index in [4.69, 9.17) is 4.74 Å². The van der Waals surface area contributed by atoms with E-state index in [0.717, 1.165) is 33.6 Å². The number of nitrogens with one attached hydrogen (secondary N) is 1. The van der Waals surface area contributed by atoms with Crippen molar-refractivity contribution in [3.05, 3.63) is 46.1 Å². The van der Waals surface area contributed by atoms with E-state index < -0.39 is 0 Å². The fraction of sp³-hybridized carbons (Fsp3) is 0.316. The average Bonchev–Trinajstić information content (AvgIpc) is 2.93. The van der Waals surface area contributed by atoms with Gasteiger partial charge in [-0.3, -0.25) is 0 Å². The third kappa shape index (κ3) is 3.77. The number of aryl methyl sites for hydroxylation is 2. The molecule has 0 aliphatic rings. The van der Waals surface area contributed by atoms with Crippen molar-refractivity contribution in [3.63, 3.8) is 0 Å². The smallest absolute Gasteiger partial charge is 0.348 e. The van der Waals surface area contributed by atoms with Crippen LogP contribution in [0.5, 0.6) is 5.75 Å². The van der Waals surface area contributed by atoms with Gasteiger partial charge in [0.15, 0.2) is 0 Å². The molecule has 7 heteroatoms. The summed E-state index contributed by atoms with van der Waals surface area (Å²) < 4.78 is 5.14. The first-order chi connectivity index (χ1) is 12.5. The molecule has 0 spiro atoms. The van der Waals surface area contributed by atoms with E-state index in [0.29, 0.717) is 23.9 Å². The van der Waals surface area contributed by atoms with Crippen LogP contribution in [0.4, 0.5) is 5.82 Å². The number of carbonyl (C=O) groups excluding carboxylic acids is 1. The lowest BCUT2D eigenvalue weighted by Gasteiger charge is -2.09. The Balaban J connectivity index is 1.85. The molecule has 3 aromatic rings. The molecule has 26 heavy (non-hydrogen) atoms. The van der Waals surface area contributed by atoms with Crippen molar-refractivity contribution in [2.45, 2.75) is 27.2 Å². The third-order valence-electron chi connectivity index (χ3n) is 4.01. The highest BCUT2D eigenvalue weighted by Crippen LogP contribution is 2.34. The van der Waals surface area contributed by atoms with Gasteiger partial charge in [0.25, 0.3) is 0 Å². The summed E-state index contributed by atoms with van der Waals surface area (Å²) >= 11 is 1.34. The summed E-state index contributed by atoms with van der Waals surface area (Å²) in [4.78, 5) is 22.5. The van der Waals surface area contributed by atoms with Crippen LogP contribution in [-0.4, -0.2) is 34.2 Å². The highest BCUT2D eigenvalue weighted by molar-refractivity contribution is 7.20. The van der Waals surface area contributed by atoms with Crippen molar-refractivity contribution in [1.82, 2.24) is 9.97 Å². The van der Waals surface area contributed by atoms with Crippen LogP contribution in [0, 0.1) is 13.8 Å². The minimum absolute atomic E-state index is 0.259. The molecule has 1 aromatic carbocycles. The molecule has 0 saturated carbocycles. The second kappa shape index (κ2) is 7.70. The first-order valence-electron chi connectivity index (χ1n) is 8.46. The van der Waals surface area contributed by atoms with Crippen molar-refractivity contribution in [2.24, 2.45) is 0 Å². The Bertz CT molecular complexity index is 935. The molecule has 0 atom stereocenters. The number of benzene rings is 1. The van der Waals surface area contributed by atoms with E-state index in [1.54, 1.807) is 19.1 Å². The Kier molecular flexibility index (Phi) is 5.37. The van der Waals surface area contributed by atoms with E-state index >= 15 is 0 Å². The number of carbonyl (C=O) groups is 1. The van der Waals surface area contributed by atoms with Crippen LogP contribution in [0.3, 0.4) is 0 Å². The zero-order valence-electron chi connectivity index (χ0n) is 15.0. The summed E-state index contributed by atoms with van der Waals surface area (Å²) in [5.41, 5.74) is 1.96. The molecule has 2 aromatic heterocycles. The van der Waals surface area contributed by atoms with E-state index in [2.05, 4.69) is 15.3 Å². The van der Waals surface area contributed by atoms with Gasteiger partial charge in [0.1, 0.15) is 27.1 Å². The number of aromatic nitrogens is 2. The van der Waals surface area contributed by atoms with E-state index in [1.807, 2.05) is 26.0 Å². The summed E-state index contributed by atoms with van der Waals surface area (Å²) in [5.74, 6) is 1.33. The van der Waals surface area contributed by atoms with Crippen LogP contribution >= 0.6 is 11.3 Å². The Labute approximate surface area is 155 Å². The van der Waals surface area contributed by atoms with Gasteiger partial charge in [0.2, 0.25) is 0 Å². The number of ether oxygens (including phenoxy) is 1. The molecule has 0 aliphatic heterocycles. The molecule has 0 saturated heterocycles. The largest absolute Gasteiger partial charge is 0.508 e. The molecule has 2 heterocycles. The average molecular weight is 371 g/mol. The molecule has 0 radical (unpaired) electrons. The lowest BCUT2D eigenvalue weighted by Crippen LogP contribution is -2.08. The maximum Gasteiger partial charge on any atom is 0.348 e. The van der Waals surface area contributed by atoms with Gasteiger partial charge < -0.3 is 15.2 Å². The number of anilines is 1. The minimum atomic E-state index is -0.319. The number of nitrogens with zero attached hydrogens (tertiary/aromatic N) is 2. The van der Waals surface area contributed by atoms with E-state index in [9.17, 15) is 9.90 Å². The monoisotopic (exact) mass is 371 g/mol. The zero-order valence-corrected chi connectivity index (χ0v) is 15.8. The number of fused-ring (bicyclic) bond motifs is 1. The molecule has 0 unspecified atom stereocenters. The standard InChI is InChI=1S/C19H21N3O3S/c1-4-25-19(24)16-11(2)15-17(21-12(3)22-18(15)26-16)20-10-9-13-5-7-14(23)8-6-13/h5-8,23H,4,9-10H2,1-3H3,(H,20,21,22). The highest BCUT2D eigenvalue weighted by Gasteiger charge is 2.20. The normalized spacial score (nSPS) is 10.9. The molecule has 0 bridgehead atoms. The van der Waals surface area contributed by atoms with Gasteiger partial charge in [-0.25, -0.2) is 14.8 Å². The minimum Gasteiger partial charge on any atom is -0.508 e. The fourth-order valence-electron chi connectivity index (χ4n) is 2.75. The molecule has 2 N–H and O–H groups in total. The predicted octanol–water partition coefficient (Wildman–Crippen LogP) is 3.85. The van der Waals surface area contributed by atoms with Gasteiger partial charge in [-0.1, -0.05) is 12.1 Å². The number of thiophene rings is 1. The van der Waals surface area contributed by atoms with Crippen molar-refractivity contribution in [3.8, 4) is 5.75 Å². The Morgan fingerprint density at radius 1 is 1.23 bits per heavy atom. The van der Waals surface area contributed by atoms with Gasteiger partial charge in [0.05, 0.1) is 12.0 Å². The quantitative estimate of drug-likeness (QED) is 0.641. The Hall–Kier alpha value is -2.67. The summed E-state index contributed by atoms with van der Waals surface area (Å²) in [6.45, 7) is 6.55. The van der Waals surface area contributed by atoms with Crippen LogP contribution in [0.1, 0.15) is 33.5 Å². The molecule has 0 aliphatic carbocycles. The number of phenols is 1. The van der Waals surface area contributed by atoms with Crippen LogP contribution < -0.4 is 5.32 Å². The molecule has 0 fully saturated rings. The summed E-state index contributed by atoms with van der Waals surface area (Å²) in [7, 11) is 0. The van der Waals surface area contributed by atoms with Crippen LogP contribution in [-0.2, 0) is 11.2 Å². The molecular formula is C19H21N3O3S. The molecular weight excluding hydrogens is 350 g/mol. The number of hydrogen-bond donors (Lipinski definition) is 2. The van der Waals surface area contributed by atoms with Crippen LogP contribution in [0.2, 0.25) is 0 Å². The topological polar surface area (TPSA) is 84.3 Å². The summed E-state index contributed by atoms with van der Waals surface area (Å²) in [6.07, 6.45) is 0.790. The van der Waals surface area contributed by atoms with Crippen molar-refractivity contribution >= 4 is 33.3 Å². The van der Waals surface area contributed by atoms with Crippen molar-refractivity contribution in [1.29, 1.82) is 0 Å². The van der Waals surface area contributed by atoms with Crippen LogP contribution in [0.15, 0.2) is 24.3 Å². The fourth-order valence-corrected chi connectivity index (χ4v) is 3.87.